The summed E-state index contributed by atoms with van der Waals surface area (Å²) in [5, 5.41) is 2.02. The number of aromatic nitrogens is 3. The van der Waals surface area contributed by atoms with Gasteiger partial charge in [0.15, 0.2) is 5.82 Å². The second-order valence-corrected chi connectivity index (χ2v) is 7.94. The molecule has 0 aliphatic rings. The van der Waals surface area contributed by atoms with Crippen LogP contribution in [0.25, 0.3) is 32.9 Å². The Morgan fingerprint density at radius 2 is 2.04 bits per heavy atom. The van der Waals surface area contributed by atoms with Crippen molar-refractivity contribution in [3.05, 3.63) is 70.0 Å². The summed E-state index contributed by atoms with van der Waals surface area (Å²) in [6.45, 7) is 1.07. The van der Waals surface area contributed by atoms with Gasteiger partial charge < -0.3 is 9.88 Å². The number of nitrogens with zero attached hydrogens (tertiary/aromatic N) is 3. The van der Waals surface area contributed by atoms with Crippen molar-refractivity contribution < 1.29 is 0 Å². The SMILES string of the molecule is CN(C)CCCc1cccc(-c2csc3c(=O)[nH]c(-c4ccccn4)nc23)c1. The Kier molecular flexibility index (Phi) is 5.32. The van der Waals surface area contributed by atoms with Crippen molar-refractivity contribution in [2.45, 2.75) is 12.8 Å². The fraction of sp³-hybridized carbons (Fsp3) is 0.227. The van der Waals surface area contributed by atoms with Gasteiger partial charge in [0.1, 0.15) is 10.4 Å². The highest BCUT2D eigenvalue weighted by molar-refractivity contribution is 7.17. The topological polar surface area (TPSA) is 61.9 Å². The van der Waals surface area contributed by atoms with Gasteiger partial charge in [0.25, 0.3) is 5.56 Å². The van der Waals surface area contributed by atoms with Crippen LogP contribution >= 0.6 is 11.3 Å². The molecule has 0 spiro atoms. The van der Waals surface area contributed by atoms with Gasteiger partial charge in [-0.2, -0.15) is 0 Å². The summed E-state index contributed by atoms with van der Waals surface area (Å²) in [7, 11) is 4.19. The van der Waals surface area contributed by atoms with Gasteiger partial charge in [-0.25, -0.2) is 4.98 Å². The van der Waals surface area contributed by atoms with E-state index in [0.717, 1.165) is 36.0 Å². The van der Waals surface area contributed by atoms with Crippen LogP contribution in [0.3, 0.4) is 0 Å². The number of hydrogen-bond donors (Lipinski definition) is 1. The largest absolute Gasteiger partial charge is 0.309 e. The summed E-state index contributed by atoms with van der Waals surface area (Å²) >= 11 is 1.43. The number of nitrogens with one attached hydrogen (secondary N) is 1. The maximum absolute atomic E-state index is 12.6. The molecular weight excluding hydrogens is 368 g/mol. The monoisotopic (exact) mass is 390 g/mol. The first-order valence-corrected chi connectivity index (χ1v) is 10.2. The van der Waals surface area contributed by atoms with E-state index < -0.39 is 0 Å². The van der Waals surface area contributed by atoms with Gasteiger partial charge in [-0.1, -0.05) is 30.3 Å². The molecule has 3 heterocycles. The summed E-state index contributed by atoms with van der Waals surface area (Å²) in [5.74, 6) is 0.500. The van der Waals surface area contributed by atoms with E-state index in [-0.39, 0.29) is 5.56 Å². The Balaban J connectivity index is 1.73. The summed E-state index contributed by atoms with van der Waals surface area (Å²) in [5.41, 5.74) is 4.67. The number of aromatic amines is 1. The Labute approximate surface area is 167 Å². The zero-order valence-corrected chi connectivity index (χ0v) is 16.8. The highest BCUT2D eigenvalue weighted by atomic mass is 32.1. The molecule has 1 aromatic carbocycles. The van der Waals surface area contributed by atoms with Crippen molar-refractivity contribution in [1.29, 1.82) is 0 Å². The number of H-pyrrole nitrogens is 1. The number of hydrogen-bond acceptors (Lipinski definition) is 5. The smallest absolute Gasteiger partial charge is 0.269 e. The van der Waals surface area contributed by atoms with Crippen LogP contribution < -0.4 is 5.56 Å². The molecule has 0 bridgehead atoms. The quantitative estimate of drug-likeness (QED) is 0.536. The van der Waals surface area contributed by atoms with Gasteiger partial charge >= 0.3 is 0 Å². The number of benzene rings is 1. The van der Waals surface area contributed by atoms with Crippen molar-refractivity contribution in [1.82, 2.24) is 19.9 Å². The van der Waals surface area contributed by atoms with Gasteiger partial charge in [0, 0.05) is 17.1 Å². The van der Waals surface area contributed by atoms with Crippen molar-refractivity contribution in [2.75, 3.05) is 20.6 Å². The van der Waals surface area contributed by atoms with E-state index >= 15 is 0 Å². The molecule has 0 saturated heterocycles. The van der Waals surface area contributed by atoms with E-state index in [2.05, 4.69) is 53.2 Å². The van der Waals surface area contributed by atoms with Crippen molar-refractivity contribution in [3.63, 3.8) is 0 Å². The fourth-order valence-corrected chi connectivity index (χ4v) is 4.16. The normalized spacial score (nSPS) is 11.4. The van der Waals surface area contributed by atoms with Crippen LogP contribution in [0.5, 0.6) is 0 Å². The van der Waals surface area contributed by atoms with Crippen LogP contribution in [0, 0.1) is 0 Å². The predicted octanol–water partition coefficient (Wildman–Crippen LogP) is 4.21. The molecule has 28 heavy (non-hydrogen) atoms. The number of thiophene rings is 1. The molecule has 0 aliphatic heterocycles. The average molecular weight is 391 g/mol. The van der Waals surface area contributed by atoms with E-state index in [0.29, 0.717) is 16.2 Å². The van der Waals surface area contributed by atoms with Gasteiger partial charge in [0.2, 0.25) is 0 Å². The summed E-state index contributed by atoms with van der Waals surface area (Å²) < 4.78 is 0.646. The van der Waals surface area contributed by atoms with E-state index in [4.69, 9.17) is 4.98 Å². The number of rotatable bonds is 6. The molecule has 0 amide bonds. The Morgan fingerprint density at radius 3 is 2.82 bits per heavy atom. The molecule has 142 valence electrons. The van der Waals surface area contributed by atoms with Gasteiger partial charge in [-0.3, -0.25) is 9.78 Å². The minimum absolute atomic E-state index is 0.121. The molecular formula is C22H22N4OS. The molecule has 0 atom stereocenters. The molecule has 0 unspecified atom stereocenters. The van der Waals surface area contributed by atoms with E-state index in [1.807, 2.05) is 23.6 Å². The van der Waals surface area contributed by atoms with Gasteiger partial charge in [0.05, 0.1) is 5.52 Å². The number of pyridine rings is 1. The van der Waals surface area contributed by atoms with Crippen LogP contribution in [0.4, 0.5) is 0 Å². The van der Waals surface area contributed by atoms with Crippen molar-refractivity contribution in [3.8, 4) is 22.6 Å². The zero-order chi connectivity index (χ0) is 19.5. The highest BCUT2D eigenvalue weighted by Crippen LogP contribution is 2.32. The lowest BCUT2D eigenvalue weighted by atomic mass is 10.0. The second kappa shape index (κ2) is 8.04. The molecule has 0 saturated carbocycles. The number of fused-ring (bicyclic) bond motifs is 1. The van der Waals surface area contributed by atoms with E-state index in [9.17, 15) is 4.79 Å². The van der Waals surface area contributed by atoms with E-state index in [1.165, 1.54) is 16.9 Å². The third-order valence-electron chi connectivity index (χ3n) is 4.64. The van der Waals surface area contributed by atoms with Crippen LogP contribution in [-0.2, 0) is 6.42 Å². The molecule has 4 rings (SSSR count). The summed E-state index contributed by atoms with van der Waals surface area (Å²) in [4.78, 5) is 26.7. The van der Waals surface area contributed by atoms with Crippen LogP contribution in [0.15, 0.2) is 58.8 Å². The van der Waals surface area contributed by atoms with Crippen LogP contribution in [-0.4, -0.2) is 40.5 Å². The first-order chi connectivity index (χ1) is 13.6. The Bertz CT molecular complexity index is 1150. The molecule has 5 nitrogen and oxygen atoms in total. The summed E-state index contributed by atoms with van der Waals surface area (Å²) in [6.07, 6.45) is 3.84. The zero-order valence-electron chi connectivity index (χ0n) is 16.0. The highest BCUT2D eigenvalue weighted by Gasteiger charge is 2.14. The van der Waals surface area contributed by atoms with Crippen molar-refractivity contribution >= 4 is 21.6 Å². The molecule has 0 aliphatic carbocycles. The predicted molar refractivity (Wildman–Crippen MR) is 116 cm³/mol. The standard InChI is InChI=1S/C22H22N4OS/c1-26(2)12-6-8-15-7-5-9-16(13-15)17-14-28-20-19(17)24-21(25-22(20)27)18-10-3-4-11-23-18/h3-5,7,9-11,13-14H,6,8,12H2,1-2H3,(H,24,25,27). The van der Waals surface area contributed by atoms with Crippen LogP contribution in [0.2, 0.25) is 0 Å². The minimum atomic E-state index is -0.121. The third kappa shape index (κ3) is 3.88. The summed E-state index contributed by atoms with van der Waals surface area (Å²) in [6, 6.07) is 14.1. The molecule has 4 aromatic rings. The molecule has 1 N–H and O–H groups in total. The Hall–Kier alpha value is -2.83. The third-order valence-corrected chi connectivity index (χ3v) is 5.61. The Morgan fingerprint density at radius 1 is 1.14 bits per heavy atom. The molecule has 0 fully saturated rings. The molecule has 0 radical (unpaired) electrons. The van der Waals surface area contributed by atoms with Gasteiger partial charge in [-0.05, 0) is 56.7 Å². The number of aryl methyl sites for hydroxylation is 1. The molecule has 3 aromatic heterocycles. The second-order valence-electron chi connectivity index (χ2n) is 7.06. The lowest BCUT2D eigenvalue weighted by molar-refractivity contribution is 0.400. The lowest BCUT2D eigenvalue weighted by Gasteiger charge is -2.09. The minimum Gasteiger partial charge on any atom is -0.309 e. The van der Waals surface area contributed by atoms with Crippen LogP contribution in [0.1, 0.15) is 12.0 Å². The maximum Gasteiger partial charge on any atom is 0.269 e. The fourth-order valence-electron chi connectivity index (χ4n) is 3.25. The first kappa shape index (κ1) is 18.5. The van der Waals surface area contributed by atoms with Crippen molar-refractivity contribution in [2.24, 2.45) is 0 Å². The lowest BCUT2D eigenvalue weighted by Crippen LogP contribution is -2.13. The maximum atomic E-state index is 12.6. The first-order valence-electron chi connectivity index (χ1n) is 9.29. The average Bonchev–Trinajstić information content (AvgIpc) is 3.13. The van der Waals surface area contributed by atoms with E-state index in [1.54, 1.807) is 6.20 Å². The molecule has 6 heteroatoms. The van der Waals surface area contributed by atoms with Gasteiger partial charge in [-0.15, -0.1) is 11.3 Å².